The molecule has 0 bridgehead atoms. The predicted octanol–water partition coefficient (Wildman–Crippen LogP) is 5.48. The van der Waals surface area contributed by atoms with Crippen molar-refractivity contribution in [2.24, 2.45) is 0 Å². The molecule has 1 aliphatic heterocycles. The SMILES string of the molecule is CNC(=O)c1c(-c2ccc(F)cc2)oc2cc(C)c(C3CCCN(S(=O)(=O)c4ccccc4)C3)cc12. The van der Waals surface area contributed by atoms with E-state index in [0.29, 0.717) is 45.8 Å². The Morgan fingerprint density at radius 1 is 1.08 bits per heavy atom. The van der Waals surface area contributed by atoms with E-state index < -0.39 is 10.0 Å². The number of aryl methyl sites for hydroxylation is 1. The van der Waals surface area contributed by atoms with E-state index in [-0.39, 0.29) is 17.6 Å². The lowest BCUT2D eigenvalue weighted by Gasteiger charge is -2.33. The van der Waals surface area contributed by atoms with E-state index in [0.717, 1.165) is 24.0 Å². The highest BCUT2D eigenvalue weighted by Gasteiger charge is 2.32. The number of fused-ring (bicyclic) bond motifs is 1. The molecule has 36 heavy (non-hydrogen) atoms. The number of carbonyl (C=O) groups is 1. The highest BCUT2D eigenvalue weighted by molar-refractivity contribution is 7.89. The Hall–Kier alpha value is -3.49. The number of nitrogens with zero attached hydrogens (tertiary/aromatic N) is 1. The molecule has 0 saturated carbocycles. The van der Waals surface area contributed by atoms with E-state index in [9.17, 15) is 17.6 Å². The number of sulfonamides is 1. The summed E-state index contributed by atoms with van der Waals surface area (Å²) in [5.41, 5.74) is 3.49. The lowest BCUT2D eigenvalue weighted by Crippen LogP contribution is -2.39. The molecule has 1 fully saturated rings. The fourth-order valence-electron chi connectivity index (χ4n) is 5.01. The largest absolute Gasteiger partial charge is 0.455 e. The van der Waals surface area contributed by atoms with Crippen molar-refractivity contribution in [2.75, 3.05) is 20.1 Å². The Morgan fingerprint density at radius 2 is 1.81 bits per heavy atom. The van der Waals surface area contributed by atoms with Gasteiger partial charge in [0.15, 0.2) is 0 Å². The molecule has 0 aliphatic carbocycles. The fourth-order valence-corrected chi connectivity index (χ4v) is 6.56. The summed E-state index contributed by atoms with van der Waals surface area (Å²) >= 11 is 0. The minimum Gasteiger partial charge on any atom is -0.455 e. The summed E-state index contributed by atoms with van der Waals surface area (Å²) in [4.78, 5) is 13.2. The van der Waals surface area contributed by atoms with Crippen LogP contribution in [0.15, 0.2) is 76.0 Å². The van der Waals surface area contributed by atoms with Gasteiger partial charge in [0.2, 0.25) is 10.0 Å². The van der Waals surface area contributed by atoms with Gasteiger partial charge in [-0.15, -0.1) is 0 Å². The molecule has 4 aromatic rings. The smallest absolute Gasteiger partial charge is 0.255 e. The Balaban J connectivity index is 1.57. The van der Waals surface area contributed by atoms with Gasteiger partial charge in [-0.05, 0) is 85.3 Å². The minimum atomic E-state index is -3.60. The molecule has 2 heterocycles. The van der Waals surface area contributed by atoms with Gasteiger partial charge in [0.1, 0.15) is 17.2 Å². The third-order valence-electron chi connectivity index (χ3n) is 6.84. The molecule has 5 rings (SSSR count). The van der Waals surface area contributed by atoms with Crippen LogP contribution in [0, 0.1) is 12.7 Å². The molecule has 0 radical (unpaired) electrons. The van der Waals surface area contributed by atoms with Gasteiger partial charge in [0, 0.05) is 31.1 Å². The molecule has 186 valence electrons. The number of halogens is 1. The molecule has 1 atom stereocenters. The van der Waals surface area contributed by atoms with Crippen LogP contribution in [0.1, 0.15) is 40.2 Å². The van der Waals surface area contributed by atoms with Crippen LogP contribution in [0.3, 0.4) is 0 Å². The van der Waals surface area contributed by atoms with Crippen molar-refractivity contribution in [3.8, 4) is 11.3 Å². The third-order valence-corrected chi connectivity index (χ3v) is 8.72. The summed E-state index contributed by atoms with van der Waals surface area (Å²) in [5, 5.41) is 3.33. The van der Waals surface area contributed by atoms with Crippen LogP contribution in [0.2, 0.25) is 0 Å². The van der Waals surface area contributed by atoms with Crippen molar-refractivity contribution < 1.29 is 22.0 Å². The standard InChI is InChI=1S/C28H27FN2O4S/c1-18-15-25-24(26(28(32)30-2)27(35-25)19-10-12-21(29)13-11-19)16-23(18)20-7-6-14-31(17-20)36(33,34)22-8-4-3-5-9-22/h3-5,8-13,15-16,20H,6-7,14,17H2,1-2H3,(H,30,32). The number of hydrogen-bond donors (Lipinski definition) is 1. The van der Waals surface area contributed by atoms with Gasteiger partial charge in [-0.2, -0.15) is 4.31 Å². The van der Waals surface area contributed by atoms with E-state index in [2.05, 4.69) is 5.32 Å². The average Bonchev–Trinajstić information content (AvgIpc) is 3.26. The Labute approximate surface area is 209 Å². The molecule has 1 unspecified atom stereocenters. The number of hydrogen-bond acceptors (Lipinski definition) is 4. The van der Waals surface area contributed by atoms with Crippen molar-refractivity contribution in [2.45, 2.75) is 30.6 Å². The second-order valence-electron chi connectivity index (χ2n) is 9.11. The van der Waals surface area contributed by atoms with Gasteiger partial charge in [-0.1, -0.05) is 18.2 Å². The molecule has 1 aliphatic rings. The first-order chi connectivity index (χ1) is 17.3. The number of piperidine rings is 1. The predicted molar refractivity (Wildman–Crippen MR) is 137 cm³/mol. The van der Waals surface area contributed by atoms with Gasteiger partial charge < -0.3 is 9.73 Å². The van der Waals surface area contributed by atoms with E-state index in [1.54, 1.807) is 53.8 Å². The summed E-state index contributed by atoms with van der Waals surface area (Å²) in [6, 6.07) is 18.2. The van der Waals surface area contributed by atoms with E-state index in [1.165, 1.54) is 12.1 Å². The lowest BCUT2D eigenvalue weighted by atomic mass is 9.87. The second-order valence-corrected chi connectivity index (χ2v) is 11.1. The topological polar surface area (TPSA) is 79.6 Å². The average molecular weight is 507 g/mol. The van der Waals surface area contributed by atoms with Crippen LogP contribution in [0.25, 0.3) is 22.3 Å². The van der Waals surface area contributed by atoms with Gasteiger partial charge in [-0.3, -0.25) is 4.79 Å². The number of rotatable bonds is 5. The van der Waals surface area contributed by atoms with Gasteiger partial charge >= 0.3 is 0 Å². The molecule has 1 saturated heterocycles. The Bertz CT molecular complexity index is 1530. The van der Waals surface area contributed by atoms with Crippen molar-refractivity contribution in [3.63, 3.8) is 0 Å². The highest BCUT2D eigenvalue weighted by Crippen LogP contribution is 2.39. The molecule has 3 aromatic carbocycles. The number of benzene rings is 3. The molecule has 8 heteroatoms. The number of furan rings is 1. The van der Waals surface area contributed by atoms with E-state index in [1.807, 2.05) is 19.1 Å². The van der Waals surface area contributed by atoms with E-state index in [4.69, 9.17) is 4.42 Å². The zero-order chi connectivity index (χ0) is 25.4. The summed E-state index contributed by atoms with van der Waals surface area (Å²) in [6.07, 6.45) is 1.58. The zero-order valence-corrected chi connectivity index (χ0v) is 20.9. The van der Waals surface area contributed by atoms with Crippen LogP contribution in [-0.2, 0) is 10.0 Å². The summed E-state index contributed by atoms with van der Waals surface area (Å²) < 4.78 is 47.7. The van der Waals surface area contributed by atoms with E-state index >= 15 is 0 Å². The van der Waals surface area contributed by atoms with Crippen molar-refractivity contribution >= 4 is 26.9 Å². The highest BCUT2D eigenvalue weighted by atomic mass is 32.2. The molecular formula is C28H27FN2O4S. The van der Waals surface area contributed by atoms with Crippen molar-refractivity contribution in [1.29, 1.82) is 0 Å². The Kier molecular flexibility index (Phi) is 6.40. The fraction of sp³-hybridized carbons (Fsp3) is 0.250. The molecular weight excluding hydrogens is 479 g/mol. The first-order valence-corrected chi connectivity index (χ1v) is 13.3. The van der Waals surface area contributed by atoms with Crippen LogP contribution < -0.4 is 5.32 Å². The Morgan fingerprint density at radius 3 is 2.50 bits per heavy atom. The van der Waals surface area contributed by atoms with Crippen LogP contribution >= 0.6 is 0 Å². The quantitative estimate of drug-likeness (QED) is 0.389. The normalized spacial score (nSPS) is 16.8. The minimum absolute atomic E-state index is 0.0247. The number of carbonyl (C=O) groups excluding carboxylic acids is 1. The molecule has 0 spiro atoms. The van der Waals surface area contributed by atoms with Crippen LogP contribution in [0.5, 0.6) is 0 Å². The molecule has 1 N–H and O–H groups in total. The maximum atomic E-state index is 13.5. The van der Waals surface area contributed by atoms with Crippen LogP contribution in [0.4, 0.5) is 4.39 Å². The summed E-state index contributed by atoms with van der Waals surface area (Å²) in [5.74, 6) is -0.331. The second kappa shape index (κ2) is 9.52. The molecule has 6 nitrogen and oxygen atoms in total. The van der Waals surface area contributed by atoms with Gasteiger partial charge in [-0.25, -0.2) is 12.8 Å². The molecule has 1 amide bonds. The molecule has 1 aromatic heterocycles. The maximum absolute atomic E-state index is 13.5. The first-order valence-electron chi connectivity index (χ1n) is 11.9. The summed E-state index contributed by atoms with van der Waals surface area (Å²) in [6.45, 7) is 2.81. The van der Waals surface area contributed by atoms with Gasteiger partial charge in [0.05, 0.1) is 10.5 Å². The maximum Gasteiger partial charge on any atom is 0.255 e. The number of nitrogens with one attached hydrogen (secondary N) is 1. The number of amides is 1. The monoisotopic (exact) mass is 506 g/mol. The lowest BCUT2D eigenvalue weighted by molar-refractivity contribution is 0.0964. The van der Waals surface area contributed by atoms with Crippen molar-refractivity contribution in [3.05, 3.63) is 89.2 Å². The first kappa shape index (κ1) is 24.2. The van der Waals surface area contributed by atoms with Crippen LogP contribution in [-0.4, -0.2) is 38.8 Å². The van der Waals surface area contributed by atoms with Crippen molar-refractivity contribution in [1.82, 2.24) is 9.62 Å². The van der Waals surface area contributed by atoms with Gasteiger partial charge in [0.25, 0.3) is 5.91 Å². The zero-order valence-electron chi connectivity index (χ0n) is 20.1. The third kappa shape index (κ3) is 4.31. The summed E-state index contributed by atoms with van der Waals surface area (Å²) in [7, 11) is -2.05.